The van der Waals surface area contributed by atoms with Gasteiger partial charge in [-0.25, -0.2) is 0 Å². The molecule has 2 heterocycles. The van der Waals surface area contributed by atoms with Gasteiger partial charge in [0.2, 0.25) is 0 Å². The third kappa shape index (κ3) is 1.04. The van der Waals surface area contributed by atoms with Crippen LogP contribution < -0.4 is 0 Å². The Morgan fingerprint density at radius 3 is 2.85 bits per heavy atom. The minimum absolute atomic E-state index is 0.0926. The van der Waals surface area contributed by atoms with Crippen LogP contribution in [-0.4, -0.2) is 22.8 Å². The Kier molecular flexibility index (Phi) is 1.62. The maximum atomic E-state index is 12.3. The number of quaternary nitrogens is 1. The molecule has 0 aliphatic carbocycles. The molecule has 0 aromatic carbocycles. The first kappa shape index (κ1) is 8.53. The molecule has 0 N–H and O–H groups in total. The van der Waals surface area contributed by atoms with E-state index in [1.54, 1.807) is 6.20 Å². The predicted molar refractivity (Wildman–Crippen MR) is 51.8 cm³/mol. The number of rotatable bonds is 0. The molecule has 2 rings (SSSR count). The molecule has 0 fully saturated rings. The van der Waals surface area contributed by atoms with Crippen molar-refractivity contribution in [3.05, 3.63) is 41.0 Å². The van der Waals surface area contributed by atoms with Gasteiger partial charge in [-0.1, -0.05) is 0 Å². The molecule has 13 heavy (non-hydrogen) atoms. The first-order valence-electron chi connectivity index (χ1n) is 4.42. The smallest absolute Gasteiger partial charge is 0.192 e. The zero-order valence-corrected chi connectivity index (χ0v) is 8.19. The Morgan fingerprint density at radius 1 is 1.46 bits per heavy atom. The number of hydrogen-bond donors (Lipinski definition) is 0. The topological polar surface area (TPSA) is 26.3 Å². The normalized spacial score (nSPS) is 37.2. The molecule has 2 aliphatic heterocycles. The highest BCUT2D eigenvalue weighted by Crippen LogP contribution is 2.34. The van der Waals surface area contributed by atoms with Crippen LogP contribution in [0.25, 0.3) is 0 Å². The lowest BCUT2D eigenvalue weighted by Gasteiger charge is -2.44. The molecular formula is C10H14N2O. The third-order valence-electron chi connectivity index (χ3n) is 2.73. The molecule has 2 atom stereocenters. The molecule has 3 nitrogen and oxygen atoms in total. The van der Waals surface area contributed by atoms with Crippen LogP contribution >= 0.6 is 0 Å². The van der Waals surface area contributed by atoms with E-state index < -0.39 is 0 Å². The fraction of sp³-hybridized carbons (Fsp3) is 0.400. The van der Waals surface area contributed by atoms with Gasteiger partial charge in [-0.2, -0.15) is 0 Å². The second-order valence-electron chi connectivity index (χ2n) is 3.78. The van der Waals surface area contributed by atoms with Crippen LogP contribution in [0.5, 0.6) is 0 Å². The highest BCUT2D eigenvalue weighted by Gasteiger charge is 2.37. The van der Waals surface area contributed by atoms with E-state index in [-0.39, 0.29) is 10.8 Å². The first-order valence-corrected chi connectivity index (χ1v) is 4.42. The highest BCUT2D eigenvalue weighted by molar-refractivity contribution is 5.25. The molecule has 3 heteroatoms. The zero-order valence-electron chi connectivity index (χ0n) is 8.19. The Labute approximate surface area is 78.4 Å². The van der Waals surface area contributed by atoms with Gasteiger partial charge >= 0.3 is 0 Å². The van der Waals surface area contributed by atoms with Crippen LogP contribution in [-0.2, 0) is 0 Å². The van der Waals surface area contributed by atoms with Crippen molar-refractivity contribution in [2.24, 2.45) is 0 Å². The van der Waals surface area contributed by atoms with Gasteiger partial charge in [-0.15, -0.1) is 0 Å². The van der Waals surface area contributed by atoms with Crippen molar-refractivity contribution in [2.75, 3.05) is 7.05 Å². The van der Waals surface area contributed by atoms with Gasteiger partial charge in [0, 0.05) is 14.0 Å². The van der Waals surface area contributed by atoms with Gasteiger partial charge in [0.1, 0.15) is 11.9 Å². The fourth-order valence-corrected chi connectivity index (χ4v) is 1.92. The molecular weight excluding hydrogens is 164 g/mol. The summed E-state index contributed by atoms with van der Waals surface area (Å²) in [5, 5.41) is 12.3. The van der Waals surface area contributed by atoms with Crippen LogP contribution in [0, 0.1) is 5.21 Å². The third-order valence-corrected chi connectivity index (χ3v) is 2.73. The summed E-state index contributed by atoms with van der Waals surface area (Å²) in [7, 11) is 1.93. The van der Waals surface area contributed by atoms with Crippen molar-refractivity contribution in [3.8, 4) is 0 Å². The van der Waals surface area contributed by atoms with E-state index in [4.69, 9.17) is 0 Å². The molecule has 0 radical (unpaired) electrons. The largest absolute Gasteiger partial charge is 0.621 e. The number of hydrogen-bond acceptors (Lipinski definition) is 2. The van der Waals surface area contributed by atoms with Gasteiger partial charge < -0.3 is 10.1 Å². The van der Waals surface area contributed by atoms with Crippen molar-refractivity contribution < 1.29 is 4.65 Å². The summed E-state index contributed by atoms with van der Waals surface area (Å²) in [4.78, 5) is 1.95. The average Bonchev–Trinajstić information content (AvgIpc) is 2.33. The van der Waals surface area contributed by atoms with Gasteiger partial charge in [-0.3, -0.25) is 4.65 Å². The van der Waals surface area contributed by atoms with Gasteiger partial charge in [0.25, 0.3) is 0 Å². The zero-order chi connectivity index (χ0) is 9.64. The molecule has 70 valence electrons. The standard InChI is InChI=1S/C10H14N2O/c1-8-6-9(2)12(13)5-4-11(3)10(12)7-8/h4-7,10H,1-3H3. The van der Waals surface area contributed by atoms with Gasteiger partial charge in [0.15, 0.2) is 6.17 Å². The number of fused-ring (bicyclic) bond motifs is 1. The lowest BCUT2D eigenvalue weighted by molar-refractivity contribution is -0.813. The summed E-state index contributed by atoms with van der Waals surface area (Å²) in [5.41, 5.74) is 2.02. The Hall–Kier alpha value is -1.06. The summed E-state index contributed by atoms with van der Waals surface area (Å²) < 4.78 is -0.339. The van der Waals surface area contributed by atoms with Gasteiger partial charge in [0.05, 0.1) is 6.20 Å². The van der Waals surface area contributed by atoms with E-state index in [9.17, 15) is 5.21 Å². The molecule has 0 spiro atoms. The molecule has 2 unspecified atom stereocenters. The Morgan fingerprint density at radius 2 is 2.15 bits per heavy atom. The van der Waals surface area contributed by atoms with Gasteiger partial charge in [-0.05, 0) is 24.6 Å². The van der Waals surface area contributed by atoms with E-state index in [2.05, 4.69) is 0 Å². The number of hydroxylamine groups is 3. The van der Waals surface area contributed by atoms with Crippen molar-refractivity contribution in [3.63, 3.8) is 0 Å². The van der Waals surface area contributed by atoms with Crippen LogP contribution in [0.4, 0.5) is 0 Å². The second-order valence-corrected chi connectivity index (χ2v) is 3.78. The lowest BCUT2D eigenvalue weighted by Crippen LogP contribution is -2.47. The molecule has 0 saturated heterocycles. The van der Waals surface area contributed by atoms with Crippen LogP contribution in [0.15, 0.2) is 35.8 Å². The Bertz CT molecular complexity index is 330. The maximum Gasteiger partial charge on any atom is 0.192 e. The first-order chi connectivity index (χ1) is 6.04. The Balaban J connectivity index is 2.46. The predicted octanol–water partition coefficient (Wildman–Crippen LogP) is 1.91. The average molecular weight is 178 g/mol. The van der Waals surface area contributed by atoms with Crippen molar-refractivity contribution >= 4 is 0 Å². The van der Waals surface area contributed by atoms with Crippen LogP contribution in [0.1, 0.15) is 13.8 Å². The second kappa shape index (κ2) is 2.47. The van der Waals surface area contributed by atoms with E-state index >= 15 is 0 Å². The minimum atomic E-state index is -0.339. The molecule has 0 saturated carbocycles. The summed E-state index contributed by atoms with van der Waals surface area (Å²) in [6, 6.07) is 0. The number of allylic oxidation sites excluding steroid dienone is 3. The molecule has 2 aliphatic rings. The summed E-state index contributed by atoms with van der Waals surface area (Å²) >= 11 is 0. The SMILES string of the molecule is CC1=CC2N(C)C=C[N+]2([O-])C(C)=C1. The quantitative estimate of drug-likeness (QED) is 0.418. The van der Waals surface area contributed by atoms with E-state index in [1.165, 1.54) is 5.57 Å². The molecule has 0 amide bonds. The van der Waals surface area contributed by atoms with E-state index in [1.807, 2.05) is 44.1 Å². The summed E-state index contributed by atoms with van der Waals surface area (Å²) in [6.45, 7) is 3.92. The van der Waals surface area contributed by atoms with Crippen molar-refractivity contribution in [1.29, 1.82) is 0 Å². The number of likely N-dealkylation sites (N-methyl/N-ethyl adjacent to an activating group) is 1. The monoisotopic (exact) mass is 178 g/mol. The van der Waals surface area contributed by atoms with E-state index in [0.29, 0.717) is 0 Å². The van der Waals surface area contributed by atoms with Crippen molar-refractivity contribution in [2.45, 2.75) is 20.0 Å². The van der Waals surface area contributed by atoms with Crippen molar-refractivity contribution in [1.82, 2.24) is 4.90 Å². The molecule has 0 aromatic rings. The summed E-state index contributed by atoms with van der Waals surface area (Å²) in [6.07, 6.45) is 7.42. The summed E-state index contributed by atoms with van der Waals surface area (Å²) in [5.74, 6) is 0. The lowest BCUT2D eigenvalue weighted by atomic mass is 10.1. The number of nitrogens with zero attached hydrogens (tertiary/aromatic N) is 2. The minimum Gasteiger partial charge on any atom is -0.621 e. The van der Waals surface area contributed by atoms with E-state index in [0.717, 1.165) is 5.70 Å². The molecule has 0 bridgehead atoms. The molecule has 0 aromatic heterocycles. The fourth-order valence-electron chi connectivity index (χ4n) is 1.92. The van der Waals surface area contributed by atoms with Crippen LogP contribution in [0.3, 0.4) is 0 Å². The van der Waals surface area contributed by atoms with Crippen LogP contribution in [0.2, 0.25) is 0 Å². The highest BCUT2D eigenvalue weighted by atomic mass is 16.6. The maximum absolute atomic E-state index is 12.3.